The number of benzene rings is 2. The fourth-order valence-electron chi connectivity index (χ4n) is 3.83. The molecule has 2 aromatic carbocycles. The number of rotatable bonds is 6. The number of nitrogens with one attached hydrogen (secondary N) is 2. The van der Waals surface area contributed by atoms with Crippen LogP contribution >= 0.6 is 0 Å². The minimum Gasteiger partial charge on any atom is -0.367 e. The Morgan fingerprint density at radius 3 is 2.96 bits per heavy atom. The third-order valence-electron chi connectivity index (χ3n) is 5.10. The van der Waals surface area contributed by atoms with Gasteiger partial charge in [0.15, 0.2) is 5.16 Å². The van der Waals surface area contributed by atoms with Crippen LogP contribution in [0.5, 0.6) is 0 Å². The molecule has 5 nitrogen and oxygen atoms in total. The Morgan fingerprint density at radius 2 is 2.19 bits per heavy atom. The van der Waals surface area contributed by atoms with Gasteiger partial charge in [-0.25, -0.2) is 4.98 Å². The Kier molecular flexibility index (Phi) is 5.09. The summed E-state index contributed by atoms with van der Waals surface area (Å²) >= 11 is 0. The highest BCUT2D eigenvalue weighted by atomic mass is 32.2. The van der Waals surface area contributed by atoms with Crippen LogP contribution in [-0.4, -0.2) is 34.3 Å². The molecule has 0 radical (unpaired) electrons. The van der Waals surface area contributed by atoms with E-state index in [0.29, 0.717) is 17.0 Å². The van der Waals surface area contributed by atoms with E-state index in [4.69, 9.17) is 0 Å². The van der Waals surface area contributed by atoms with Crippen molar-refractivity contribution in [2.24, 2.45) is 0 Å². The predicted molar refractivity (Wildman–Crippen MR) is 111 cm³/mol. The number of hydrogen-bond donors (Lipinski definition) is 2. The van der Waals surface area contributed by atoms with Gasteiger partial charge in [0.2, 0.25) is 0 Å². The smallest absolute Gasteiger partial charge is 0.197 e. The zero-order valence-corrected chi connectivity index (χ0v) is 16.3. The third-order valence-corrected chi connectivity index (χ3v) is 6.30. The van der Waals surface area contributed by atoms with Crippen molar-refractivity contribution in [3.63, 3.8) is 0 Å². The van der Waals surface area contributed by atoms with Gasteiger partial charge >= 0.3 is 0 Å². The number of aromatic nitrogens is 2. The molecule has 0 aliphatic carbocycles. The fourth-order valence-corrected chi connectivity index (χ4v) is 4.91. The largest absolute Gasteiger partial charge is 0.367 e. The molecule has 0 amide bonds. The van der Waals surface area contributed by atoms with E-state index in [1.807, 2.05) is 37.4 Å². The zero-order valence-electron chi connectivity index (χ0n) is 15.4. The highest BCUT2D eigenvalue weighted by molar-refractivity contribution is 7.84. The van der Waals surface area contributed by atoms with Crippen molar-refractivity contribution in [1.29, 1.82) is 0 Å². The Morgan fingerprint density at radius 1 is 1.33 bits per heavy atom. The topological polar surface area (TPSA) is 61.0 Å². The van der Waals surface area contributed by atoms with Crippen molar-refractivity contribution in [2.75, 3.05) is 25.0 Å². The molecule has 2 unspecified atom stereocenters. The summed E-state index contributed by atoms with van der Waals surface area (Å²) < 4.78 is 13.0. The van der Waals surface area contributed by atoms with Crippen LogP contribution in [0, 0.1) is 0 Å². The lowest BCUT2D eigenvalue weighted by Crippen LogP contribution is -2.35. The van der Waals surface area contributed by atoms with Crippen LogP contribution in [0.4, 0.5) is 5.69 Å². The summed E-state index contributed by atoms with van der Waals surface area (Å²) in [6, 6.07) is 14.4. The van der Waals surface area contributed by atoms with E-state index < -0.39 is 10.8 Å². The standard InChI is InChI=1S/C21H24N4OS/c1-3-12-25-13-11-17(22-2)16-8-6-7-15(20(16)25)14-27(26)21-23-18-9-4-5-10-19(18)24-21/h3-10,17,22H,1,11-14H2,2H3,(H,23,24). The number of hydrogen-bond acceptors (Lipinski definition) is 4. The highest BCUT2D eigenvalue weighted by Gasteiger charge is 2.26. The molecule has 3 aromatic rings. The normalized spacial score (nSPS) is 17.7. The van der Waals surface area contributed by atoms with E-state index in [2.05, 4.69) is 45.0 Å². The monoisotopic (exact) mass is 380 g/mol. The number of nitrogens with zero attached hydrogens (tertiary/aromatic N) is 2. The Labute approximate surface area is 162 Å². The van der Waals surface area contributed by atoms with E-state index in [-0.39, 0.29) is 0 Å². The van der Waals surface area contributed by atoms with E-state index in [9.17, 15) is 4.21 Å². The molecule has 2 atom stereocenters. The summed E-state index contributed by atoms with van der Waals surface area (Å²) in [6.45, 7) is 5.64. The molecule has 0 bridgehead atoms. The minimum atomic E-state index is -1.24. The van der Waals surface area contributed by atoms with Crippen molar-refractivity contribution in [3.05, 3.63) is 66.2 Å². The van der Waals surface area contributed by atoms with Gasteiger partial charge in [-0.15, -0.1) is 6.58 Å². The Bertz CT molecular complexity index is 964. The van der Waals surface area contributed by atoms with Crippen molar-refractivity contribution < 1.29 is 4.21 Å². The van der Waals surface area contributed by atoms with E-state index in [1.165, 1.54) is 11.3 Å². The van der Waals surface area contributed by atoms with Crippen LogP contribution in [0.25, 0.3) is 11.0 Å². The number of fused-ring (bicyclic) bond motifs is 2. The van der Waals surface area contributed by atoms with Gasteiger partial charge in [0, 0.05) is 24.8 Å². The molecule has 140 valence electrons. The average Bonchev–Trinajstić information content (AvgIpc) is 3.13. The first-order chi connectivity index (χ1) is 13.2. The lowest BCUT2D eigenvalue weighted by Gasteiger charge is -2.36. The molecule has 0 saturated heterocycles. The first kappa shape index (κ1) is 17.9. The predicted octanol–water partition coefficient (Wildman–Crippen LogP) is 3.53. The second-order valence-electron chi connectivity index (χ2n) is 6.77. The van der Waals surface area contributed by atoms with E-state index in [1.54, 1.807) is 0 Å². The van der Waals surface area contributed by atoms with Gasteiger partial charge in [0.1, 0.15) is 0 Å². The van der Waals surface area contributed by atoms with Crippen LogP contribution in [0.1, 0.15) is 23.6 Å². The van der Waals surface area contributed by atoms with Crippen LogP contribution in [0.2, 0.25) is 0 Å². The minimum absolute atomic E-state index is 0.320. The van der Waals surface area contributed by atoms with Crippen molar-refractivity contribution in [1.82, 2.24) is 15.3 Å². The fraction of sp³-hybridized carbons (Fsp3) is 0.286. The maximum absolute atomic E-state index is 13.0. The van der Waals surface area contributed by atoms with Crippen molar-refractivity contribution >= 4 is 27.5 Å². The molecule has 0 fully saturated rings. The first-order valence-electron chi connectivity index (χ1n) is 9.19. The molecule has 6 heteroatoms. The first-order valence-corrected chi connectivity index (χ1v) is 10.5. The van der Waals surface area contributed by atoms with Crippen LogP contribution in [0.15, 0.2) is 60.3 Å². The van der Waals surface area contributed by atoms with Crippen LogP contribution in [0.3, 0.4) is 0 Å². The van der Waals surface area contributed by atoms with Gasteiger partial charge in [0.25, 0.3) is 0 Å². The molecule has 1 aromatic heterocycles. The summed E-state index contributed by atoms with van der Waals surface area (Å²) in [7, 11) is 0.760. The van der Waals surface area contributed by atoms with Gasteiger partial charge in [0.05, 0.1) is 27.6 Å². The molecule has 0 saturated carbocycles. The Balaban J connectivity index is 1.69. The van der Waals surface area contributed by atoms with E-state index in [0.717, 1.165) is 36.1 Å². The van der Waals surface area contributed by atoms with Crippen molar-refractivity contribution in [2.45, 2.75) is 23.4 Å². The van der Waals surface area contributed by atoms with Crippen molar-refractivity contribution in [3.8, 4) is 0 Å². The molecule has 1 aliphatic rings. The quantitative estimate of drug-likeness (QED) is 0.642. The maximum Gasteiger partial charge on any atom is 0.197 e. The molecular weight excluding hydrogens is 356 g/mol. The lowest BCUT2D eigenvalue weighted by atomic mass is 9.94. The second-order valence-corrected chi connectivity index (χ2v) is 8.13. The maximum atomic E-state index is 13.0. The van der Waals surface area contributed by atoms with Gasteiger partial charge in [-0.1, -0.05) is 36.4 Å². The number of aromatic amines is 1. The summed E-state index contributed by atoms with van der Waals surface area (Å²) in [5.41, 5.74) is 5.31. The number of para-hydroxylation sites is 3. The van der Waals surface area contributed by atoms with E-state index >= 15 is 0 Å². The molecule has 0 spiro atoms. The molecule has 2 N–H and O–H groups in total. The number of anilines is 1. The summed E-state index contributed by atoms with van der Waals surface area (Å²) in [4.78, 5) is 10.0. The number of H-pyrrole nitrogens is 1. The van der Waals surface area contributed by atoms with Crippen LogP contribution < -0.4 is 10.2 Å². The SMILES string of the molecule is C=CCN1CCC(NC)c2cccc(CS(=O)c3nc4ccccc4[nH]3)c21. The molecule has 2 heterocycles. The number of imidazole rings is 1. The van der Waals surface area contributed by atoms with Gasteiger partial charge < -0.3 is 15.2 Å². The van der Waals surface area contributed by atoms with Gasteiger partial charge in [-0.05, 0) is 36.7 Å². The molecule has 27 heavy (non-hydrogen) atoms. The van der Waals surface area contributed by atoms with Gasteiger partial charge in [-0.2, -0.15) is 0 Å². The third kappa shape index (κ3) is 3.42. The Hall–Kier alpha value is -2.44. The molecule has 1 aliphatic heterocycles. The average molecular weight is 381 g/mol. The summed E-state index contributed by atoms with van der Waals surface area (Å²) in [5, 5.41) is 3.94. The highest BCUT2D eigenvalue weighted by Crippen LogP contribution is 2.37. The van der Waals surface area contributed by atoms with Gasteiger partial charge in [-0.3, -0.25) is 4.21 Å². The second kappa shape index (κ2) is 7.66. The molecule has 4 rings (SSSR count). The lowest BCUT2D eigenvalue weighted by molar-refractivity contribution is 0.522. The van der Waals surface area contributed by atoms with Crippen LogP contribution in [-0.2, 0) is 16.6 Å². The summed E-state index contributed by atoms with van der Waals surface area (Å²) in [5.74, 6) is 0.438. The molecular formula is C21H24N4OS. The zero-order chi connectivity index (χ0) is 18.8. The summed E-state index contributed by atoms with van der Waals surface area (Å²) in [6.07, 6.45) is 2.98.